The molecule has 0 aliphatic heterocycles. The van der Waals surface area contributed by atoms with Crippen LogP contribution in [-0.4, -0.2) is 26.1 Å². The minimum absolute atomic E-state index is 0.0625. The van der Waals surface area contributed by atoms with Crippen LogP contribution in [0, 0.1) is 0 Å². The van der Waals surface area contributed by atoms with E-state index >= 15 is 0 Å². The third kappa shape index (κ3) is 2.95. The summed E-state index contributed by atoms with van der Waals surface area (Å²) in [6.07, 6.45) is 0. The predicted molar refractivity (Wildman–Crippen MR) is 92.8 cm³/mol. The summed E-state index contributed by atoms with van der Waals surface area (Å²) in [4.78, 5) is 24.5. The van der Waals surface area contributed by atoms with E-state index in [4.69, 9.17) is 4.42 Å². The van der Waals surface area contributed by atoms with Crippen molar-refractivity contribution >= 4 is 16.9 Å². The summed E-state index contributed by atoms with van der Waals surface area (Å²) in [6.45, 7) is 0.0625. The lowest BCUT2D eigenvalue weighted by Crippen LogP contribution is -2.29. The highest BCUT2D eigenvalue weighted by Gasteiger charge is 2.15. The van der Waals surface area contributed by atoms with Crippen LogP contribution in [0.2, 0.25) is 0 Å². The van der Waals surface area contributed by atoms with Gasteiger partial charge in [0.1, 0.15) is 11.1 Å². The van der Waals surface area contributed by atoms with Gasteiger partial charge in [-0.1, -0.05) is 36.4 Å². The number of hydrogen-bond donors (Lipinski definition) is 1. The minimum Gasteiger partial charge on any atom is -0.422 e. The van der Waals surface area contributed by atoms with Gasteiger partial charge in [-0.2, -0.15) is 4.68 Å². The number of carbonyl (C=O) groups is 1. The maximum absolute atomic E-state index is 12.4. The van der Waals surface area contributed by atoms with Crippen LogP contribution < -0.4 is 10.9 Å². The van der Waals surface area contributed by atoms with Gasteiger partial charge in [0.25, 0.3) is 5.91 Å². The summed E-state index contributed by atoms with van der Waals surface area (Å²) in [5.74, 6) is -0.109. The van der Waals surface area contributed by atoms with Gasteiger partial charge in [0.15, 0.2) is 5.82 Å². The van der Waals surface area contributed by atoms with Crippen molar-refractivity contribution in [1.29, 1.82) is 0 Å². The fourth-order valence-electron chi connectivity index (χ4n) is 2.56. The van der Waals surface area contributed by atoms with Gasteiger partial charge in [0, 0.05) is 5.39 Å². The second kappa shape index (κ2) is 6.60. The van der Waals surface area contributed by atoms with Crippen molar-refractivity contribution in [3.63, 3.8) is 0 Å². The second-order valence-electron chi connectivity index (χ2n) is 5.51. The van der Waals surface area contributed by atoms with Crippen LogP contribution in [0.5, 0.6) is 0 Å². The SMILES string of the molecule is O=C(NCc1nnnn1-c1ccccc1)c1cc2ccccc2oc1=O. The highest BCUT2D eigenvalue weighted by Crippen LogP contribution is 2.12. The number of aromatic nitrogens is 4. The summed E-state index contributed by atoms with van der Waals surface area (Å²) in [7, 11) is 0. The Bertz CT molecular complexity index is 1130. The molecule has 4 rings (SSSR count). The minimum atomic E-state index is -0.691. The maximum Gasteiger partial charge on any atom is 0.349 e. The number of hydrogen-bond acceptors (Lipinski definition) is 6. The van der Waals surface area contributed by atoms with Crippen molar-refractivity contribution in [3.05, 3.63) is 82.5 Å². The molecular formula is C18H13N5O3. The Morgan fingerprint density at radius 1 is 1.08 bits per heavy atom. The molecule has 2 aromatic carbocycles. The van der Waals surface area contributed by atoms with Crippen LogP contribution in [0.15, 0.2) is 69.9 Å². The monoisotopic (exact) mass is 347 g/mol. The Labute approximate surface area is 147 Å². The van der Waals surface area contributed by atoms with Gasteiger partial charge < -0.3 is 9.73 Å². The third-order valence-corrected chi connectivity index (χ3v) is 3.83. The van der Waals surface area contributed by atoms with Crippen LogP contribution in [0.4, 0.5) is 0 Å². The Kier molecular flexibility index (Phi) is 3.98. The van der Waals surface area contributed by atoms with E-state index in [1.807, 2.05) is 30.3 Å². The number of carbonyl (C=O) groups excluding carboxylic acids is 1. The Hall–Kier alpha value is -3.81. The molecule has 128 valence electrons. The lowest BCUT2D eigenvalue weighted by atomic mass is 10.2. The molecule has 8 nitrogen and oxygen atoms in total. The first kappa shape index (κ1) is 15.7. The summed E-state index contributed by atoms with van der Waals surface area (Å²) >= 11 is 0. The largest absolute Gasteiger partial charge is 0.422 e. The zero-order valence-electron chi connectivity index (χ0n) is 13.5. The van der Waals surface area contributed by atoms with Crippen molar-refractivity contribution in [2.45, 2.75) is 6.54 Å². The molecule has 4 aromatic rings. The van der Waals surface area contributed by atoms with Gasteiger partial charge >= 0.3 is 5.63 Å². The normalized spacial score (nSPS) is 10.8. The second-order valence-corrected chi connectivity index (χ2v) is 5.51. The van der Waals surface area contributed by atoms with E-state index in [0.29, 0.717) is 16.8 Å². The molecule has 0 bridgehead atoms. The fraction of sp³-hybridized carbons (Fsp3) is 0.0556. The summed E-state index contributed by atoms with van der Waals surface area (Å²) in [5, 5.41) is 14.8. The molecule has 0 aliphatic rings. The zero-order chi connectivity index (χ0) is 17.9. The molecule has 0 aliphatic carbocycles. The molecule has 0 spiro atoms. The zero-order valence-corrected chi connectivity index (χ0v) is 13.5. The van der Waals surface area contributed by atoms with Crippen LogP contribution in [0.1, 0.15) is 16.2 Å². The molecule has 1 N–H and O–H groups in total. The van der Waals surface area contributed by atoms with Crippen LogP contribution >= 0.6 is 0 Å². The van der Waals surface area contributed by atoms with E-state index in [2.05, 4.69) is 20.8 Å². The van der Waals surface area contributed by atoms with E-state index in [1.54, 1.807) is 24.3 Å². The highest BCUT2D eigenvalue weighted by atomic mass is 16.4. The maximum atomic E-state index is 12.4. The molecule has 26 heavy (non-hydrogen) atoms. The molecule has 0 saturated heterocycles. The van der Waals surface area contributed by atoms with E-state index in [1.165, 1.54) is 10.7 Å². The average Bonchev–Trinajstić information content (AvgIpc) is 3.15. The van der Waals surface area contributed by atoms with Gasteiger partial charge in [-0.3, -0.25) is 4.79 Å². The van der Waals surface area contributed by atoms with Gasteiger partial charge in [0.2, 0.25) is 0 Å². The molecule has 0 atom stereocenters. The van der Waals surface area contributed by atoms with Crippen molar-refractivity contribution in [3.8, 4) is 5.69 Å². The van der Waals surface area contributed by atoms with E-state index in [9.17, 15) is 9.59 Å². The van der Waals surface area contributed by atoms with Gasteiger partial charge in [-0.05, 0) is 34.7 Å². The van der Waals surface area contributed by atoms with Crippen molar-refractivity contribution in [2.24, 2.45) is 0 Å². The molecule has 8 heteroatoms. The number of para-hydroxylation sites is 2. The summed E-state index contributed by atoms with van der Waals surface area (Å²) in [6, 6.07) is 17.8. The lowest BCUT2D eigenvalue weighted by molar-refractivity contribution is 0.0946. The number of nitrogens with zero attached hydrogens (tertiary/aromatic N) is 4. The first-order valence-electron chi connectivity index (χ1n) is 7.86. The van der Waals surface area contributed by atoms with E-state index < -0.39 is 11.5 Å². The number of amides is 1. The van der Waals surface area contributed by atoms with Crippen molar-refractivity contribution in [2.75, 3.05) is 0 Å². The third-order valence-electron chi connectivity index (χ3n) is 3.83. The molecule has 2 aromatic heterocycles. The number of nitrogens with one attached hydrogen (secondary N) is 1. The Morgan fingerprint density at radius 2 is 1.85 bits per heavy atom. The highest BCUT2D eigenvalue weighted by molar-refractivity contribution is 5.96. The number of tetrazole rings is 1. The summed E-state index contributed by atoms with van der Waals surface area (Å²) in [5.41, 5.74) is 0.445. The quantitative estimate of drug-likeness (QED) is 0.564. The lowest BCUT2D eigenvalue weighted by Gasteiger charge is -2.06. The number of fused-ring (bicyclic) bond motifs is 1. The molecule has 0 unspecified atom stereocenters. The number of benzene rings is 2. The molecule has 0 saturated carbocycles. The number of rotatable bonds is 4. The standard InChI is InChI=1S/C18H13N5O3/c24-17(14-10-12-6-4-5-9-15(12)26-18(14)25)19-11-16-20-21-22-23(16)13-7-2-1-3-8-13/h1-10H,11H2,(H,19,24). The molecule has 0 radical (unpaired) electrons. The van der Waals surface area contributed by atoms with E-state index in [0.717, 1.165) is 5.69 Å². The predicted octanol–water partition coefficient (Wildman–Crippen LogP) is 1.70. The fourth-order valence-corrected chi connectivity index (χ4v) is 2.56. The topological polar surface area (TPSA) is 103 Å². The molecule has 1 amide bonds. The average molecular weight is 347 g/mol. The van der Waals surface area contributed by atoms with E-state index in [-0.39, 0.29) is 12.1 Å². The van der Waals surface area contributed by atoms with Gasteiger partial charge in [-0.25, -0.2) is 4.79 Å². The van der Waals surface area contributed by atoms with Crippen LogP contribution in [0.3, 0.4) is 0 Å². The molecular weight excluding hydrogens is 334 g/mol. The Balaban J connectivity index is 1.56. The van der Waals surface area contributed by atoms with Crippen LogP contribution in [-0.2, 0) is 6.54 Å². The van der Waals surface area contributed by atoms with Gasteiger partial charge in [-0.15, -0.1) is 5.10 Å². The van der Waals surface area contributed by atoms with Crippen molar-refractivity contribution < 1.29 is 9.21 Å². The van der Waals surface area contributed by atoms with Crippen LogP contribution in [0.25, 0.3) is 16.7 Å². The molecule has 2 heterocycles. The smallest absolute Gasteiger partial charge is 0.349 e. The van der Waals surface area contributed by atoms with Gasteiger partial charge in [0.05, 0.1) is 12.2 Å². The van der Waals surface area contributed by atoms with Crippen molar-refractivity contribution in [1.82, 2.24) is 25.5 Å². The molecule has 0 fully saturated rings. The Morgan fingerprint density at radius 3 is 2.69 bits per heavy atom. The first-order chi connectivity index (χ1) is 12.7. The first-order valence-corrected chi connectivity index (χ1v) is 7.86. The summed E-state index contributed by atoms with van der Waals surface area (Å²) < 4.78 is 6.70.